The first-order chi connectivity index (χ1) is 16.2. The Balaban J connectivity index is 1.24. The molecule has 0 bridgehead atoms. The maximum atomic E-state index is 13.8. The van der Waals surface area contributed by atoms with Crippen LogP contribution >= 0.6 is 0 Å². The van der Waals surface area contributed by atoms with Gasteiger partial charge in [0.25, 0.3) is 11.8 Å². The molecular formula is C26H29N5O2. The number of H-pyrrole nitrogens is 1. The number of carbonyl (C=O) groups is 2. The SMILES string of the molecule is O=C(c1[nH]c2ccccc2c1C(=O)N1CCC(N2CNc3ccccc32)CC1)N1CCCC1. The number of benzene rings is 2. The van der Waals surface area contributed by atoms with Gasteiger partial charge in [-0.15, -0.1) is 0 Å². The van der Waals surface area contributed by atoms with E-state index >= 15 is 0 Å². The molecule has 2 amide bonds. The fourth-order valence-electron chi connectivity index (χ4n) is 5.60. The zero-order valence-corrected chi connectivity index (χ0v) is 18.7. The Morgan fingerprint density at radius 3 is 2.33 bits per heavy atom. The number of nitrogens with zero attached hydrogens (tertiary/aromatic N) is 3. The Bertz CT molecular complexity index is 1200. The summed E-state index contributed by atoms with van der Waals surface area (Å²) in [7, 11) is 0. The fourth-order valence-corrected chi connectivity index (χ4v) is 5.60. The van der Waals surface area contributed by atoms with Crippen LogP contribution in [-0.2, 0) is 0 Å². The normalized spacial score (nSPS) is 18.6. The maximum Gasteiger partial charge on any atom is 0.271 e. The molecule has 0 saturated carbocycles. The minimum atomic E-state index is -0.0540. The van der Waals surface area contributed by atoms with Gasteiger partial charge in [-0.1, -0.05) is 30.3 Å². The lowest BCUT2D eigenvalue weighted by molar-refractivity contribution is 0.0698. The van der Waals surface area contributed by atoms with Gasteiger partial charge in [0.15, 0.2) is 0 Å². The van der Waals surface area contributed by atoms with Crippen LogP contribution in [0, 0.1) is 0 Å². The Hall–Kier alpha value is -3.48. The molecule has 0 unspecified atom stereocenters. The van der Waals surface area contributed by atoms with E-state index in [4.69, 9.17) is 0 Å². The molecular weight excluding hydrogens is 414 g/mol. The average Bonchev–Trinajstić information content (AvgIpc) is 3.62. The Labute approximate surface area is 193 Å². The number of aromatic nitrogens is 1. The molecule has 6 rings (SSSR count). The van der Waals surface area contributed by atoms with Gasteiger partial charge in [-0.25, -0.2) is 0 Å². The number of likely N-dealkylation sites (tertiary alicyclic amines) is 2. The summed E-state index contributed by atoms with van der Waals surface area (Å²) < 4.78 is 0. The smallest absolute Gasteiger partial charge is 0.271 e. The van der Waals surface area contributed by atoms with Gasteiger partial charge in [0.1, 0.15) is 5.69 Å². The van der Waals surface area contributed by atoms with Gasteiger partial charge in [-0.3, -0.25) is 9.59 Å². The minimum absolute atomic E-state index is 0.0339. The van der Waals surface area contributed by atoms with E-state index in [1.807, 2.05) is 34.1 Å². The van der Waals surface area contributed by atoms with Gasteiger partial charge in [0, 0.05) is 43.1 Å². The zero-order chi connectivity index (χ0) is 22.4. The summed E-state index contributed by atoms with van der Waals surface area (Å²) in [5, 5.41) is 4.31. The van der Waals surface area contributed by atoms with Crippen molar-refractivity contribution in [3.05, 3.63) is 59.8 Å². The molecule has 7 heteroatoms. The third-order valence-electron chi connectivity index (χ3n) is 7.37. The van der Waals surface area contributed by atoms with E-state index in [-0.39, 0.29) is 11.8 Å². The summed E-state index contributed by atoms with van der Waals surface area (Å²) in [4.78, 5) is 36.5. The number of carbonyl (C=O) groups excluding carboxylic acids is 2. The highest BCUT2D eigenvalue weighted by Crippen LogP contribution is 2.35. The molecule has 0 atom stereocenters. The first-order valence-electron chi connectivity index (χ1n) is 12.0. The number of fused-ring (bicyclic) bond motifs is 2. The Morgan fingerprint density at radius 1 is 0.818 bits per heavy atom. The van der Waals surface area contributed by atoms with Crippen LogP contribution in [0.1, 0.15) is 46.5 Å². The lowest BCUT2D eigenvalue weighted by atomic mass is 10.0. The molecule has 2 N–H and O–H groups in total. The molecule has 0 spiro atoms. The monoisotopic (exact) mass is 443 g/mol. The van der Waals surface area contributed by atoms with Crippen LogP contribution in [0.25, 0.3) is 10.9 Å². The molecule has 3 aliphatic rings. The van der Waals surface area contributed by atoms with Crippen molar-refractivity contribution >= 4 is 34.1 Å². The molecule has 3 aliphatic heterocycles. The Kier molecular flexibility index (Phi) is 4.97. The van der Waals surface area contributed by atoms with Crippen LogP contribution in [0.5, 0.6) is 0 Å². The molecule has 2 saturated heterocycles. The highest BCUT2D eigenvalue weighted by molar-refractivity contribution is 6.15. The highest BCUT2D eigenvalue weighted by Gasteiger charge is 2.34. The lowest BCUT2D eigenvalue weighted by Crippen LogP contribution is -2.47. The first kappa shape index (κ1) is 20.1. The topological polar surface area (TPSA) is 71.7 Å². The van der Waals surface area contributed by atoms with Gasteiger partial charge in [-0.05, 0) is 43.9 Å². The number of aromatic amines is 1. The molecule has 0 radical (unpaired) electrons. The highest BCUT2D eigenvalue weighted by atomic mass is 16.2. The van der Waals surface area contributed by atoms with E-state index in [0.29, 0.717) is 30.4 Å². The van der Waals surface area contributed by atoms with E-state index in [0.717, 1.165) is 56.3 Å². The van der Waals surface area contributed by atoms with Gasteiger partial charge in [0.2, 0.25) is 0 Å². The predicted molar refractivity (Wildman–Crippen MR) is 130 cm³/mol. The summed E-state index contributed by atoms with van der Waals surface area (Å²) in [6, 6.07) is 16.6. The summed E-state index contributed by atoms with van der Waals surface area (Å²) in [5.41, 5.74) is 4.26. The quantitative estimate of drug-likeness (QED) is 0.644. The van der Waals surface area contributed by atoms with Crippen LogP contribution < -0.4 is 10.2 Å². The maximum absolute atomic E-state index is 13.8. The van der Waals surface area contributed by atoms with Gasteiger partial charge in [0.05, 0.1) is 23.6 Å². The summed E-state index contributed by atoms with van der Waals surface area (Å²) in [6.45, 7) is 3.73. The van der Waals surface area contributed by atoms with E-state index in [9.17, 15) is 9.59 Å². The van der Waals surface area contributed by atoms with E-state index in [1.54, 1.807) is 0 Å². The second-order valence-electron chi connectivity index (χ2n) is 9.27. The number of amides is 2. The zero-order valence-electron chi connectivity index (χ0n) is 18.7. The van der Waals surface area contributed by atoms with Crippen molar-refractivity contribution in [2.24, 2.45) is 0 Å². The molecule has 4 heterocycles. The minimum Gasteiger partial charge on any atom is -0.366 e. The number of piperidine rings is 1. The van der Waals surface area contributed by atoms with E-state index in [2.05, 4.69) is 39.5 Å². The predicted octanol–water partition coefficient (Wildman–Crippen LogP) is 3.90. The lowest BCUT2D eigenvalue weighted by Gasteiger charge is -2.37. The van der Waals surface area contributed by atoms with Crippen molar-refractivity contribution < 1.29 is 9.59 Å². The van der Waals surface area contributed by atoms with E-state index in [1.165, 1.54) is 11.4 Å². The van der Waals surface area contributed by atoms with Gasteiger partial charge in [-0.2, -0.15) is 0 Å². The van der Waals surface area contributed by atoms with Crippen LogP contribution in [-0.4, -0.2) is 65.5 Å². The van der Waals surface area contributed by atoms with Crippen molar-refractivity contribution in [1.29, 1.82) is 0 Å². The van der Waals surface area contributed by atoms with Crippen molar-refractivity contribution in [3.63, 3.8) is 0 Å². The fraction of sp³-hybridized carbons (Fsp3) is 0.385. The van der Waals surface area contributed by atoms with Crippen molar-refractivity contribution in [3.8, 4) is 0 Å². The summed E-state index contributed by atoms with van der Waals surface area (Å²) in [6.07, 6.45) is 3.88. The molecule has 1 aromatic heterocycles. The summed E-state index contributed by atoms with van der Waals surface area (Å²) in [5.74, 6) is -0.0879. The molecule has 33 heavy (non-hydrogen) atoms. The van der Waals surface area contributed by atoms with Crippen LogP contribution in [0.3, 0.4) is 0 Å². The van der Waals surface area contributed by atoms with E-state index < -0.39 is 0 Å². The van der Waals surface area contributed by atoms with Crippen molar-refractivity contribution in [1.82, 2.24) is 14.8 Å². The molecule has 0 aliphatic carbocycles. The number of anilines is 2. The van der Waals surface area contributed by atoms with Crippen molar-refractivity contribution in [2.75, 3.05) is 43.1 Å². The second-order valence-corrected chi connectivity index (χ2v) is 9.27. The second kappa shape index (κ2) is 8.14. The van der Waals surface area contributed by atoms with Gasteiger partial charge < -0.3 is 25.0 Å². The third kappa shape index (κ3) is 3.43. The number of nitrogens with one attached hydrogen (secondary N) is 2. The summed E-state index contributed by atoms with van der Waals surface area (Å²) >= 11 is 0. The number of hydrogen-bond acceptors (Lipinski definition) is 4. The standard InChI is InChI=1S/C26H29N5O2/c32-25(30-15-11-18(12-16-30)31-17-27-21-9-3-4-10-22(21)31)23-19-7-1-2-8-20(19)28-24(23)26(33)29-13-5-6-14-29/h1-4,7-10,18,27-28H,5-6,11-17H2. The molecule has 7 nitrogen and oxygen atoms in total. The largest absolute Gasteiger partial charge is 0.366 e. The van der Waals surface area contributed by atoms with Gasteiger partial charge >= 0.3 is 0 Å². The van der Waals surface area contributed by atoms with Crippen LogP contribution in [0.2, 0.25) is 0 Å². The van der Waals surface area contributed by atoms with Crippen LogP contribution in [0.15, 0.2) is 48.5 Å². The first-order valence-corrected chi connectivity index (χ1v) is 12.0. The molecule has 2 aromatic carbocycles. The molecule has 3 aromatic rings. The number of rotatable bonds is 3. The van der Waals surface area contributed by atoms with Crippen molar-refractivity contribution in [2.45, 2.75) is 31.7 Å². The average molecular weight is 444 g/mol. The third-order valence-corrected chi connectivity index (χ3v) is 7.37. The molecule has 2 fully saturated rings. The Morgan fingerprint density at radius 2 is 1.52 bits per heavy atom. The number of hydrogen-bond donors (Lipinski definition) is 2. The van der Waals surface area contributed by atoms with Crippen LogP contribution in [0.4, 0.5) is 11.4 Å². The number of para-hydroxylation sites is 3. The molecule has 170 valence electrons.